The SMILES string of the molecule is CCOC(=O)Cc1nc2cc(-c3ccc4oc(CC(=O)OCC)nc4c3)ccc2o1. The molecule has 2 aromatic heterocycles. The number of esters is 2. The van der Waals surface area contributed by atoms with Gasteiger partial charge in [0.2, 0.25) is 11.8 Å². The molecule has 0 amide bonds. The summed E-state index contributed by atoms with van der Waals surface area (Å²) in [5.41, 5.74) is 4.31. The molecule has 30 heavy (non-hydrogen) atoms. The van der Waals surface area contributed by atoms with E-state index in [1.165, 1.54) is 0 Å². The van der Waals surface area contributed by atoms with Crippen molar-refractivity contribution >= 4 is 34.1 Å². The van der Waals surface area contributed by atoms with Gasteiger partial charge in [-0.2, -0.15) is 0 Å². The summed E-state index contributed by atoms with van der Waals surface area (Å²) < 4.78 is 21.1. The fourth-order valence-corrected chi connectivity index (χ4v) is 3.13. The van der Waals surface area contributed by atoms with Gasteiger partial charge >= 0.3 is 11.9 Å². The van der Waals surface area contributed by atoms with Crippen LogP contribution in [-0.4, -0.2) is 35.1 Å². The van der Waals surface area contributed by atoms with Crippen LogP contribution in [0.2, 0.25) is 0 Å². The summed E-state index contributed by atoms with van der Waals surface area (Å²) in [7, 11) is 0. The fraction of sp³-hybridized carbons (Fsp3) is 0.273. The molecule has 0 aliphatic rings. The normalized spacial score (nSPS) is 11.1. The predicted octanol–water partition coefficient (Wildman–Crippen LogP) is 3.85. The van der Waals surface area contributed by atoms with E-state index in [1.54, 1.807) is 13.8 Å². The maximum atomic E-state index is 11.6. The maximum Gasteiger partial charge on any atom is 0.315 e. The van der Waals surface area contributed by atoms with Crippen molar-refractivity contribution in [1.29, 1.82) is 0 Å². The Labute approximate surface area is 171 Å². The number of ether oxygens (including phenoxy) is 2. The van der Waals surface area contributed by atoms with Crippen molar-refractivity contribution in [2.24, 2.45) is 0 Å². The predicted molar refractivity (Wildman–Crippen MR) is 108 cm³/mol. The minimum absolute atomic E-state index is 0.00794. The molecule has 0 aliphatic carbocycles. The van der Waals surface area contributed by atoms with Gasteiger partial charge in [-0.05, 0) is 49.2 Å². The highest BCUT2D eigenvalue weighted by atomic mass is 16.5. The highest BCUT2D eigenvalue weighted by molar-refractivity contribution is 5.85. The summed E-state index contributed by atoms with van der Waals surface area (Å²) in [6, 6.07) is 11.2. The van der Waals surface area contributed by atoms with E-state index in [9.17, 15) is 9.59 Å². The number of fused-ring (bicyclic) bond motifs is 2. The highest BCUT2D eigenvalue weighted by Gasteiger charge is 2.14. The van der Waals surface area contributed by atoms with E-state index in [0.29, 0.717) is 47.2 Å². The van der Waals surface area contributed by atoms with E-state index in [-0.39, 0.29) is 24.8 Å². The van der Waals surface area contributed by atoms with Gasteiger partial charge in [0, 0.05) is 0 Å². The minimum atomic E-state index is -0.376. The molecule has 0 fully saturated rings. The molecule has 0 atom stereocenters. The molecule has 0 N–H and O–H groups in total. The molecule has 2 aromatic carbocycles. The summed E-state index contributed by atoms with van der Waals surface area (Å²) in [6.07, 6.45) is -0.0159. The molecule has 0 unspecified atom stereocenters. The third-order valence-corrected chi connectivity index (χ3v) is 4.40. The Morgan fingerprint density at radius 3 is 1.60 bits per heavy atom. The van der Waals surface area contributed by atoms with Crippen LogP contribution in [-0.2, 0) is 31.9 Å². The van der Waals surface area contributed by atoms with Gasteiger partial charge in [-0.1, -0.05) is 12.1 Å². The van der Waals surface area contributed by atoms with Crippen LogP contribution >= 0.6 is 0 Å². The number of oxazole rings is 2. The van der Waals surface area contributed by atoms with Gasteiger partial charge in [0.1, 0.15) is 23.9 Å². The van der Waals surface area contributed by atoms with E-state index >= 15 is 0 Å². The number of carbonyl (C=O) groups excluding carboxylic acids is 2. The van der Waals surface area contributed by atoms with Gasteiger partial charge in [0.25, 0.3) is 0 Å². The topological polar surface area (TPSA) is 105 Å². The summed E-state index contributed by atoms with van der Waals surface area (Å²) in [6.45, 7) is 4.13. The fourth-order valence-electron chi connectivity index (χ4n) is 3.13. The number of aromatic nitrogens is 2. The van der Waals surface area contributed by atoms with E-state index < -0.39 is 0 Å². The van der Waals surface area contributed by atoms with Gasteiger partial charge in [0.05, 0.1) is 13.2 Å². The largest absolute Gasteiger partial charge is 0.466 e. The third-order valence-electron chi connectivity index (χ3n) is 4.40. The minimum Gasteiger partial charge on any atom is -0.466 e. The lowest BCUT2D eigenvalue weighted by atomic mass is 10.0. The molecule has 0 radical (unpaired) electrons. The van der Waals surface area contributed by atoms with Gasteiger partial charge in [0.15, 0.2) is 11.2 Å². The van der Waals surface area contributed by atoms with Crippen LogP contribution in [0.3, 0.4) is 0 Å². The zero-order valence-electron chi connectivity index (χ0n) is 16.6. The standard InChI is InChI=1S/C22H20N2O6/c1-3-27-21(25)11-19-23-15-9-13(5-7-17(15)29-19)14-6-8-18-16(10-14)24-20(30-18)12-22(26)28-4-2/h5-10H,3-4,11-12H2,1-2H3. The molecule has 8 nitrogen and oxygen atoms in total. The molecule has 0 saturated heterocycles. The van der Waals surface area contributed by atoms with Crippen molar-refractivity contribution in [3.63, 3.8) is 0 Å². The van der Waals surface area contributed by atoms with Crippen molar-refractivity contribution in [3.05, 3.63) is 48.2 Å². The first-order valence-electron chi connectivity index (χ1n) is 9.66. The van der Waals surface area contributed by atoms with Gasteiger partial charge in [-0.25, -0.2) is 9.97 Å². The second-order valence-electron chi connectivity index (χ2n) is 6.54. The Morgan fingerprint density at radius 2 is 1.20 bits per heavy atom. The maximum absolute atomic E-state index is 11.6. The zero-order valence-corrected chi connectivity index (χ0v) is 16.6. The molecule has 0 aliphatic heterocycles. The molecule has 0 saturated carbocycles. The smallest absolute Gasteiger partial charge is 0.315 e. The van der Waals surface area contributed by atoms with Crippen molar-refractivity contribution in [3.8, 4) is 11.1 Å². The van der Waals surface area contributed by atoms with E-state index in [1.807, 2.05) is 36.4 Å². The second kappa shape index (κ2) is 8.36. The first kappa shape index (κ1) is 19.6. The van der Waals surface area contributed by atoms with Crippen molar-refractivity contribution < 1.29 is 27.9 Å². The molecule has 4 rings (SSSR count). The number of nitrogens with zero attached hydrogens (tertiary/aromatic N) is 2. The Bertz CT molecular complexity index is 1130. The van der Waals surface area contributed by atoms with E-state index in [4.69, 9.17) is 18.3 Å². The quantitative estimate of drug-likeness (QED) is 0.425. The Morgan fingerprint density at radius 1 is 0.767 bits per heavy atom. The molecular formula is C22H20N2O6. The van der Waals surface area contributed by atoms with Gasteiger partial charge in [-0.15, -0.1) is 0 Å². The lowest BCUT2D eigenvalue weighted by Gasteiger charge is -2.00. The summed E-state index contributed by atoms with van der Waals surface area (Å²) >= 11 is 0. The summed E-state index contributed by atoms with van der Waals surface area (Å²) in [4.78, 5) is 32.1. The van der Waals surface area contributed by atoms with Crippen LogP contribution < -0.4 is 0 Å². The molecule has 0 bridgehead atoms. The van der Waals surface area contributed by atoms with Crippen molar-refractivity contribution in [1.82, 2.24) is 9.97 Å². The monoisotopic (exact) mass is 408 g/mol. The van der Waals surface area contributed by atoms with Crippen molar-refractivity contribution in [2.75, 3.05) is 13.2 Å². The average molecular weight is 408 g/mol. The van der Waals surface area contributed by atoms with Crippen LogP contribution in [0.15, 0.2) is 45.2 Å². The van der Waals surface area contributed by atoms with Crippen LogP contribution in [0, 0.1) is 0 Å². The summed E-state index contributed by atoms with van der Waals surface area (Å²) in [5.74, 6) is -0.119. The molecule has 4 aromatic rings. The Kier molecular flexibility index (Phi) is 5.47. The summed E-state index contributed by atoms with van der Waals surface area (Å²) in [5, 5.41) is 0. The average Bonchev–Trinajstić information content (AvgIpc) is 3.29. The van der Waals surface area contributed by atoms with E-state index in [2.05, 4.69) is 9.97 Å². The van der Waals surface area contributed by atoms with Crippen molar-refractivity contribution in [2.45, 2.75) is 26.7 Å². The number of rotatable bonds is 7. The van der Waals surface area contributed by atoms with Crippen LogP contribution in [0.25, 0.3) is 33.3 Å². The van der Waals surface area contributed by atoms with Gasteiger partial charge in [-0.3, -0.25) is 9.59 Å². The second-order valence-corrected chi connectivity index (χ2v) is 6.54. The lowest BCUT2D eigenvalue weighted by Crippen LogP contribution is -2.07. The van der Waals surface area contributed by atoms with Crippen LogP contribution in [0.4, 0.5) is 0 Å². The number of hydrogen-bond acceptors (Lipinski definition) is 8. The molecule has 8 heteroatoms. The molecule has 0 spiro atoms. The Balaban J connectivity index is 1.59. The van der Waals surface area contributed by atoms with Crippen LogP contribution in [0.1, 0.15) is 25.6 Å². The number of hydrogen-bond donors (Lipinski definition) is 0. The van der Waals surface area contributed by atoms with Gasteiger partial charge < -0.3 is 18.3 Å². The lowest BCUT2D eigenvalue weighted by molar-refractivity contribution is -0.143. The van der Waals surface area contributed by atoms with E-state index in [0.717, 1.165) is 11.1 Å². The number of carbonyl (C=O) groups is 2. The van der Waals surface area contributed by atoms with Crippen LogP contribution in [0.5, 0.6) is 0 Å². The third kappa shape index (κ3) is 4.17. The first-order chi connectivity index (χ1) is 14.6. The highest BCUT2D eigenvalue weighted by Crippen LogP contribution is 2.28. The first-order valence-corrected chi connectivity index (χ1v) is 9.66. The zero-order chi connectivity index (χ0) is 21.1. The number of benzene rings is 2. The molecule has 154 valence electrons. The molecule has 2 heterocycles. The Hall–Kier alpha value is -3.68. The molecular weight excluding hydrogens is 388 g/mol.